The predicted octanol–water partition coefficient (Wildman–Crippen LogP) is 18.2. The average molecular weight is 892 g/mol. The summed E-state index contributed by atoms with van der Waals surface area (Å²) in [4.78, 5) is 32.5. The van der Waals surface area contributed by atoms with Crippen LogP contribution in [0.1, 0.15) is 312 Å². The summed E-state index contributed by atoms with van der Waals surface area (Å²) < 4.78 is 0. The van der Waals surface area contributed by atoms with Gasteiger partial charge in [0.05, 0.1) is 5.92 Å². The molecular weight excluding hydrogens is 785 g/mol. The molecule has 0 aliphatic carbocycles. The molecule has 0 radical (unpaired) electrons. The molecule has 360 valence electrons. The maximum absolute atomic E-state index is 11.7. The van der Waals surface area contributed by atoms with Crippen LogP contribution in [0.2, 0.25) is 0 Å². The van der Waals surface area contributed by atoms with E-state index in [1.54, 1.807) is 0 Å². The molecule has 0 aliphatic rings. The Bertz CT molecular complexity index is 921. The van der Waals surface area contributed by atoms with Crippen LogP contribution in [0.5, 0.6) is 0 Å². The molecule has 0 aromatic carbocycles. The summed E-state index contributed by atoms with van der Waals surface area (Å²) in [7, 11) is 0. The number of allylic oxidation sites excluding steroid dienone is 2. The Balaban J connectivity index is -0.000000413. The SMILES string of the molecule is CCCCCCCCCCCCCCCCC(CCCCCCCC/C=C\CCCCCCCC(=O)O)C(=O)O.CCCCCCCCCCCCCCCCCC(=O)O.[Ca+2].[H-].[H-]. The van der Waals surface area contributed by atoms with Gasteiger partial charge in [-0.3, -0.25) is 14.4 Å². The Hall–Kier alpha value is -0.590. The van der Waals surface area contributed by atoms with Crippen LogP contribution in [0.3, 0.4) is 0 Å². The third kappa shape index (κ3) is 61.5. The summed E-state index contributed by atoms with van der Waals surface area (Å²) in [6, 6.07) is 0. The van der Waals surface area contributed by atoms with E-state index in [4.69, 9.17) is 10.2 Å². The molecular formula is C54H106CaO6. The van der Waals surface area contributed by atoms with E-state index in [1.165, 1.54) is 218 Å². The fraction of sp³-hybridized carbons (Fsp3) is 0.907. The Labute approximate surface area is 412 Å². The third-order valence-electron chi connectivity index (χ3n) is 12.4. The van der Waals surface area contributed by atoms with Gasteiger partial charge in [-0.1, -0.05) is 257 Å². The molecule has 0 spiro atoms. The van der Waals surface area contributed by atoms with Gasteiger partial charge in [0, 0.05) is 12.8 Å². The quantitative estimate of drug-likeness (QED) is 0.0319. The zero-order valence-electron chi connectivity index (χ0n) is 43.0. The predicted molar refractivity (Wildman–Crippen MR) is 267 cm³/mol. The smallest absolute Gasteiger partial charge is 1.00 e. The van der Waals surface area contributed by atoms with E-state index in [1.807, 2.05) is 0 Å². The van der Waals surface area contributed by atoms with Crippen molar-refractivity contribution in [3.05, 3.63) is 12.2 Å². The Kier molecular flexibility index (Phi) is 60.9. The van der Waals surface area contributed by atoms with Gasteiger partial charge in [-0.15, -0.1) is 0 Å². The number of aliphatic carboxylic acids is 3. The number of rotatable bonds is 49. The van der Waals surface area contributed by atoms with Gasteiger partial charge in [0.2, 0.25) is 0 Å². The van der Waals surface area contributed by atoms with Crippen molar-refractivity contribution in [3.8, 4) is 0 Å². The van der Waals surface area contributed by atoms with Gasteiger partial charge in [0.25, 0.3) is 0 Å². The fourth-order valence-electron chi connectivity index (χ4n) is 8.29. The normalized spacial score (nSPS) is 11.6. The van der Waals surface area contributed by atoms with Crippen LogP contribution >= 0.6 is 0 Å². The number of carboxylic acids is 3. The van der Waals surface area contributed by atoms with E-state index >= 15 is 0 Å². The first-order valence-electron chi connectivity index (χ1n) is 26.7. The maximum atomic E-state index is 11.7. The van der Waals surface area contributed by atoms with Gasteiger partial charge < -0.3 is 18.2 Å². The van der Waals surface area contributed by atoms with Crippen molar-refractivity contribution < 1.29 is 32.6 Å². The summed E-state index contributed by atoms with van der Waals surface area (Å²) in [5, 5.41) is 26.7. The largest absolute Gasteiger partial charge is 2.00 e. The van der Waals surface area contributed by atoms with Crippen LogP contribution in [-0.4, -0.2) is 71.0 Å². The van der Waals surface area contributed by atoms with Gasteiger partial charge >= 0.3 is 55.6 Å². The van der Waals surface area contributed by atoms with Crippen molar-refractivity contribution in [1.29, 1.82) is 0 Å². The molecule has 0 fully saturated rings. The third-order valence-corrected chi connectivity index (χ3v) is 12.4. The summed E-state index contributed by atoms with van der Waals surface area (Å²) in [5.41, 5.74) is 0. The summed E-state index contributed by atoms with van der Waals surface area (Å²) in [6.07, 6.45) is 60.6. The fourth-order valence-corrected chi connectivity index (χ4v) is 8.29. The van der Waals surface area contributed by atoms with Gasteiger partial charge in [-0.25, -0.2) is 0 Å². The van der Waals surface area contributed by atoms with E-state index in [-0.39, 0.29) is 46.5 Å². The standard InChI is InChI=1S/C36H68O4.C18H36O2.Ca.2H/c1-2-3-4-5-6-7-8-9-13-16-19-22-25-28-31-34(36(39)40)32-29-26-23-20-17-14-11-10-12-15-18-21-24-27-30-33-35(37)38;1-2-3-4-5-6-7-8-9-10-11-12-13-14-15-16-17-18(19)20;;;/h10,12,34H,2-9,11,13-33H2,1H3,(H,37,38)(H,39,40);2-17H2,1H3,(H,19,20);;;/q;;+2;2*-1/b12-10-;;;;. The molecule has 0 aromatic heterocycles. The monoisotopic (exact) mass is 891 g/mol. The number of unbranched alkanes of at least 4 members (excludes halogenated alkanes) is 38. The first-order chi connectivity index (χ1) is 29.3. The second kappa shape index (κ2) is 57.4. The molecule has 0 amide bonds. The van der Waals surface area contributed by atoms with Crippen LogP contribution in [0, 0.1) is 5.92 Å². The van der Waals surface area contributed by atoms with Crippen LogP contribution in [0.4, 0.5) is 0 Å². The zero-order valence-corrected chi connectivity index (χ0v) is 43.2. The Morgan fingerprint density at radius 3 is 0.787 bits per heavy atom. The Morgan fingerprint density at radius 2 is 0.557 bits per heavy atom. The molecule has 6 nitrogen and oxygen atoms in total. The van der Waals surface area contributed by atoms with Crippen molar-refractivity contribution in [2.24, 2.45) is 5.92 Å². The Morgan fingerprint density at radius 1 is 0.344 bits per heavy atom. The van der Waals surface area contributed by atoms with Gasteiger partial charge in [-0.2, -0.15) is 0 Å². The van der Waals surface area contributed by atoms with E-state index in [0.29, 0.717) is 12.8 Å². The minimum Gasteiger partial charge on any atom is -1.00 e. The molecule has 0 aliphatic heterocycles. The molecule has 7 heteroatoms. The number of carbonyl (C=O) groups is 3. The summed E-state index contributed by atoms with van der Waals surface area (Å²) >= 11 is 0. The van der Waals surface area contributed by atoms with E-state index in [9.17, 15) is 19.5 Å². The number of hydrogen-bond donors (Lipinski definition) is 3. The van der Waals surface area contributed by atoms with Crippen LogP contribution < -0.4 is 0 Å². The molecule has 0 heterocycles. The average Bonchev–Trinajstić information content (AvgIpc) is 3.22. The van der Waals surface area contributed by atoms with Gasteiger partial charge in [0.15, 0.2) is 0 Å². The van der Waals surface area contributed by atoms with Crippen molar-refractivity contribution in [2.45, 2.75) is 309 Å². The van der Waals surface area contributed by atoms with E-state index < -0.39 is 17.9 Å². The molecule has 0 aromatic rings. The molecule has 1 atom stereocenters. The first kappa shape index (κ1) is 64.7. The molecule has 0 bridgehead atoms. The zero-order chi connectivity index (χ0) is 44.3. The summed E-state index contributed by atoms with van der Waals surface area (Å²) in [5.74, 6) is -2.05. The van der Waals surface area contributed by atoms with Crippen molar-refractivity contribution in [2.75, 3.05) is 0 Å². The number of carboxylic acid groups (broad SMARTS) is 3. The molecule has 0 rings (SSSR count). The number of hydrogen-bond acceptors (Lipinski definition) is 3. The second-order valence-corrected chi connectivity index (χ2v) is 18.4. The second-order valence-electron chi connectivity index (χ2n) is 18.4. The van der Waals surface area contributed by atoms with Gasteiger partial charge in [-0.05, 0) is 51.4 Å². The topological polar surface area (TPSA) is 112 Å². The molecule has 3 N–H and O–H groups in total. The van der Waals surface area contributed by atoms with Crippen molar-refractivity contribution >= 4 is 55.6 Å². The van der Waals surface area contributed by atoms with Crippen LogP contribution in [-0.2, 0) is 14.4 Å². The van der Waals surface area contributed by atoms with E-state index in [0.717, 1.165) is 64.2 Å². The summed E-state index contributed by atoms with van der Waals surface area (Å²) in [6.45, 7) is 4.55. The minimum atomic E-state index is -0.680. The molecule has 61 heavy (non-hydrogen) atoms. The maximum Gasteiger partial charge on any atom is 2.00 e. The van der Waals surface area contributed by atoms with Crippen LogP contribution in [0.25, 0.3) is 0 Å². The van der Waals surface area contributed by atoms with Crippen molar-refractivity contribution in [1.82, 2.24) is 0 Å². The molecule has 1 unspecified atom stereocenters. The minimum absolute atomic E-state index is 0. The van der Waals surface area contributed by atoms with Crippen LogP contribution in [0.15, 0.2) is 12.2 Å². The van der Waals surface area contributed by atoms with E-state index in [2.05, 4.69) is 26.0 Å². The molecule has 0 saturated carbocycles. The molecule has 0 saturated heterocycles. The van der Waals surface area contributed by atoms with Gasteiger partial charge in [0.1, 0.15) is 0 Å². The first-order valence-corrected chi connectivity index (χ1v) is 26.7. The van der Waals surface area contributed by atoms with Crippen molar-refractivity contribution in [3.63, 3.8) is 0 Å².